The molecule has 0 saturated heterocycles. The van der Waals surface area contributed by atoms with Crippen LogP contribution in [0.25, 0.3) is 0 Å². The van der Waals surface area contributed by atoms with Gasteiger partial charge in [0.05, 0.1) is 24.5 Å². The Hall–Kier alpha value is -1.89. The van der Waals surface area contributed by atoms with Crippen LogP contribution >= 0.6 is 11.3 Å². The molecule has 0 amide bonds. The lowest BCUT2D eigenvalue weighted by atomic mass is 9.93. The summed E-state index contributed by atoms with van der Waals surface area (Å²) in [6.45, 7) is 11.9. The van der Waals surface area contributed by atoms with Crippen LogP contribution in [0.1, 0.15) is 62.7 Å². The average Bonchev–Trinajstić information content (AvgIpc) is 3.16. The lowest BCUT2D eigenvalue weighted by Crippen LogP contribution is -2.36. The Morgan fingerprint density at radius 3 is 2.54 bits per heavy atom. The maximum Gasteiger partial charge on any atom is 0.191 e. The SMILES string of the molecule is CN=C(NCc1cc(C(C)C)no1)NCc1nc(C(C)(C)C)cs1. The highest BCUT2D eigenvalue weighted by Gasteiger charge is 2.17. The molecular weight excluding hydrogens is 322 g/mol. The van der Waals surface area contributed by atoms with Gasteiger partial charge in [-0.25, -0.2) is 4.98 Å². The van der Waals surface area contributed by atoms with Crippen molar-refractivity contribution in [3.8, 4) is 0 Å². The van der Waals surface area contributed by atoms with Crippen LogP contribution in [-0.2, 0) is 18.5 Å². The molecule has 2 aromatic rings. The molecule has 2 heterocycles. The Labute approximate surface area is 147 Å². The minimum absolute atomic E-state index is 0.0785. The summed E-state index contributed by atoms with van der Waals surface area (Å²) in [4.78, 5) is 8.90. The first kappa shape index (κ1) is 18.4. The first-order valence-corrected chi connectivity index (χ1v) is 9.02. The molecule has 0 unspecified atom stereocenters. The second kappa shape index (κ2) is 7.79. The number of hydrogen-bond acceptors (Lipinski definition) is 5. The van der Waals surface area contributed by atoms with Gasteiger partial charge in [0, 0.05) is 23.9 Å². The maximum absolute atomic E-state index is 5.32. The summed E-state index contributed by atoms with van der Waals surface area (Å²) >= 11 is 1.66. The summed E-state index contributed by atoms with van der Waals surface area (Å²) in [6, 6.07) is 1.97. The Bertz CT molecular complexity index is 681. The van der Waals surface area contributed by atoms with E-state index < -0.39 is 0 Å². The second-order valence-electron chi connectivity index (χ2n) is 7.03. The molecule has 7 heteroatoms. The van der Waals surface area contributed by atoms with E-state index in [0.717, 1.165) is 22.2 Å². The molecular formula is C17H27N5OS. The predicted molar refractivity (Wildman–Crippen MR) is 98.4 cm³/mol. The maximum atomic E-state index is 5.32. The molecule has 24 heavy (non-hydrogen) atoms. The van der Waals surface area contributed by atoms with Gasteiger partial charge in [-0.2, -0.15) is 0 Å². The minimum Gasteiger partial charge on any atom is -0.359 e. The topological polar surface area (TPSA) is 75.3 Å². The fraction of sp³-hybridized carbons (Fsp3) is 0.588. The summed E-state index contributed by atoms with van der Waals surface area (Å²) in [6.07, 6.45) is 0. The van der Waals surface area contributed by atoms with Gasteiger partial charge in [0.15, 0.2) is 11.7 Å². The first-order valence-electron chi connectivity index (χ1n) is 8.14. The molecule has 0 aliphatic rings. The Kier molecular flexibility index (Phi) is 5.99. The van der Waals surface area contributed by atoms with E-state index in [-0.39, 0.29) is 5.41 Å². The molecule has 0 aliphatic heterocycles. The zero-order valence-corrected chi connectivity index (χ0v) is 16.1. The highest BCUT2D eigenvalue weighted by Crippen LogP contribution is 2.23. The average molecular weight is 350 g/mol. The molecule has 0 aromatic carbocycles. The van der Waals surface area contributed by atoms with E-state index in [1.165, 1.54) is 0 Å². The van der Waals surface area contributed by atoms with Gasteiger partial charge in [-0.05, 0) is 5.92 Å². The number of aliphatic imine (C=N–C) groups is 1. The quantitative estimate of drug-likeness (QED) is 0.639. The smallest absolute Gasteiger partial charge is 0.191 e. The van der Waals surface area contributed by atoms with E-state index in [1.54, 1.807) is 18.4 Å². The van der Waals surface area contributed by atoms with Gasteiger partial charge in [0.2, 0.25) is 0 Å². The lowest BCUT2D eigenvalue weighted by Gasteiger charge is -2.14. The van der Waals surface area contributed by atoms with Crippen molar-refractivity contribution in [1.82, 2.24) is 20.8 Å². The largest absolute Gasteiger partial charge is 0.359 e. The Balaban J connectivity index is 1.85. The third-order valence-corrected chi connectivity index (χ3v) is 4.40. The molecule has 132 valence electrons. The summed E-state index contributed by atoms with van der Waals surface area (Å²) < 4.78 is 5.32. The fourth-order valence-electron chi connectivity index (χ4n) is 1.97. The van der Waals surface area contributed by atoms with Crippen molar-refractivity contribution in [1.29, 1.82) is 0 Å². The first-order chi connectivity index (χ1) is 11.3. The number of hydrogen-bond donors (Lipinski definition) is 2. The van der Waals surface area contributed by atoms with Gasteiger partial charge >= 0.3 is 0 Å². The van der Waals surface area contributed by atoms with Crippen LogP contribution < -0.4 is 10.6 Å². The Morgan fingerprint density at radius 1 is 1.29 bits per heavy atom. The summed E-state index contributed by atoms with van der Waals surface area (Å²) in [5.74, 6) is 1.87. The Morgan fingerprint density at radius 2 is 2.00 bits per heavy atom. The molecule has 0 atom stereocenters. The molecule has 6 nitrogen and oxygen atoms in total. The van der Waals surface area contributed by atoms with Crippen LogP contribution in [0.3, 0.4) is 0 Å². The third kappa shape index (κ3) is 5.06. The van der Waals surface area contributed by atoms with Gasteiger partial charge in [-0.3, -0.25) is 4.99 Å². The van der Waals surface area contributed by atoms with E-state index in [2.05, 4.69) is 65.8 Å². The van der Waals surface area contributed by atoms with Crippen LogP contribution in [0.15, 0.2) is 21.0 Å². The molecule has 0 saturated carbocycles. The molecule has 0 aliphatic carbocycles. The highest BCUT2D eigenvalue weighted by molar-refractivity contribution is 7.09. The van der Waals surface area contributed by atoms with Crippen LogP contribution in [0.2, 0.25) is 0 Å². The monoisotopic (exact) mass is 349 g/mol. The molecule has 0 spiro atoms. The van der Waals surface area contributed by atoms with E-state index in [4.69, 9.17) is 4.52 Å². The van der Waals surface area contributed by atoms with Crippen molar-refractivity contribution in [2.75, 3.05) is 7.05 Å². The number of thiazole rings is 1. The zero-order chi connectivity index (χ0) is 17.7. The van der Waals surface area contributed by atoms with E-state index in [1.807, 2.05) is 6.07 Å². The number of guanidine groups is 1. The summed E-state index contributed by atoms with van der Waals surface area (Å²) in [5.41, 5.74) is 2.16. The van der Waals surface area contributed by atoms with Gasteiger partial charge < -0.3 is 15.2 Å². The second-order valence-corrected chi connectivity index (χ2v) is 7.97. The normalized spacial score (nSPS) is 12.7. The number of nitrogens with zero attached hydrogens (tertiary/aromatic N) is 3. The van der Waals surface area contributed by atoms with Gasteiger partial charge in [0.25, 0.3) is 0 Å². The van der Waals surface area contributed by atoms with Crippen LogP contribution in [0.4, 0.5) is 0 Å². The van der Waals surface area contributed by atoms with Gasteiger partial charge in [-0.1, -0.05) is 39.8 Å². The highest BCUT2D eigenvalue weighted by atomic mass is 32.1. The number of rotatable bonds is 5. The number of nitrogens with one attached hydrogen (secondary N) is 2. The van der Waals surface area contributed by atoms with Crippen molar-refractivity contribution in [2.45, 2.75) is 59.0 Å². The minimum atomic E-state index is 0.0785. The molecule has 0 fully saturated rings. The number of aromatic nitrogens is 2. The van der Waals surface area contributed by atoms with Crippen LogP contribution in [0.5, 0.6) is 0 Å². The van der Waals surface area contributed by atoms with E-state index >= 15 is 0 Å². The van der Waals surface area contributed by atoms with E-state index in [9.17, 15) is 0 Å². The molecule has 2 aromatic heterocycles. The lowest BCUT2D eigenvalue weighted by molar-refractivity contribution is 0.372. The van der Waals surface area contributed by atoms with Gasteiger partial charge in [-0.15, -0.1) is 11.3 Å². The van der Waals surface area contributed by atoms with Crippen LogP contribution in [0, 0.1) is 0 Å². The molecule has 2 rings (SSSR count). The van der Waals surface area contributed by atoms with Crippen molar-refractivity contribution < 1.29 is 4.52 Å². The zero-order valence-electron chi connectivity index (χ0n) is 15.3. The van der Waals surface area contributed by atoms with Crippen LogP contribution in [-0.4, -0.2) is 23.1 Å². The summed E-state index contributed by atoms with van der Waals surface area (Å²) in [5, 5.41) is 13.7. The van der Waals surface area contributed by atoms with E-state index in [0.29, 0.717) is 25.0 Å². The summed E-state index contributed by atoms with van der Waals surface area (Å²) in [7, 11) is 1.75. The molecule has 0 bridgehead atoms. The third-order valence-electron chi connectivity index (χ3n) is 3.55. The van der Waals surface area contributed by atoms with Crippen molar-refractivity contribution in [3.63, 3.8) is 0 Å². The molecule has 2 N–H and O–H groups in total. The molecule has 0 radical (unpaired) electrons. The fourth-order valence-corrected chi connectivity index (χ4v) is 2.93. The van der Waals surface area contributed by atoms with Crippen molar-refractivity contribution in [2.24, 2.45) is 4.99 Å². The predicted octanol–water partition coefficient (Wildman–Crippen LogP) is 3.42. The standard InChI is InChI=1S/C17H27N5OS/c1-11(2)13-7-12(23-22-13)8-19-16(18-6)20-9-15-21-14(10-24-15)17(3,4)5/h7,10-11H,8-9H2,1-6H3,(H2,18,19,20). The van der Waals surface area contributed by atoms with Crippen molar-refractivity contribution >= 4 is 17.3 Å². The van der Waals surface area contributed by atoms with Gasteiger partial charge in [0.1, 0.15) is 5.01 Å². The van der Waals surface area contributed by atoms with Crippen molar-refractivity contribution in [3.05, 3.63) is 33.6 Å².